The molecule has 1 amide bonds. The predicted octanol–water partition coefficient (Wildman–Crippen LogP) is 4.69. The van der Waals surface area contributed by atoms with E-state index in [1.54, 1.807) is 25.3 Å². The van der Waals surface area contributed by atoms with Crippen LogP contribution in [0.3, 0.4) is 0 Å². The van der Waals surface area contributed by atoms with Crippen LogP contribution in [0.5, 0.6) is 11.5 Å². The molecule has 6 nitrogen and oxygen atoms in total. The number of carbonyl (C=O) groups excluding carboxylic acids is 1. The summed E-state index contributed by atoms with van der Waals surface area (Å²) in [6.45, 7) is 4.05. The Balaban J connectivity index is 1.48. The Morgan fingerprint density at radius 1 is 1.20 bits per heavy atom. The van der Waals surface area contributed by atoms with Gasteiger partial charge < -0.3 is 19.3 Å². The summed E-state index contributed by atoms with van der Waals surface area (Å²) >= 11 is 0. The van der Waals surface area contributed by atoms with Crippen molar-refractivity contribution in [3.8, 4) is 11.5 Å². The van der Waals surface area contributed by atoms with E-state index in [2.05, 4.69) is 28.7 Å². The number of rotatable bonds is 6. The first-order chi connectivity index (χ1) is 14.6. The fourth-order valence-corrected chi connectivity index (χ4v) is 3.93. The van der Waals surface area contributed by atoms with Gasteiger partial charge in [0.2, 0.25) is 0 Å². The van der Waals surface area contributed by atoms with Crippen LogP contribution in [0.4, 0.5) is 0 Å². The summed E-state index contributed by atoms with van der Waals surface area (Å²) in [6, 6.07) is 13.6. The molecular weight excluding hydrogens is 380 g/mol. The summed E-state index contributed by atoms with van der Waals surface area (Å²) in [5, 5.41) is 7.12. The summed E-state index contributed by atoms with van der Waals surface area (Å²) in [5.41, 5.74) is 4.78. The molecule has 30 heavy (non-hydrogen) atoms. The Morgan fingerprint density at radius 2 is 2.03 bits per heavy atom. The second-order valence-corrected chi connectivity index (χ2v) is 7.57. The van der Waals surface area contributed by atoms with Gasteiger partial charge in [-0.1, -0.05) is 29.4 Å². The number of ether oxygens (including phenoxy) is 2. The number of aryl methyl sites for hydroxylation is 3. The van der Waals surface area contributed by atoms with Crippen molar-refractivity contribution in [3.05, 3.63) is 76.2 Å². The lowest BCUT2D eigenvalue weighted by atomic mass is 9.87. The average Bonchev–Trinajstić information content (AvgIpc) is 3.09. The quantitative estimate of drug-likeness (QED) is 0.643. The number of aromatic nitrogens is 1. The van der Waals surface area contributed by atoms with Crippen LogP contribution in [0.15, 0.2) is 47.0 Å². The van der Waals surface area contributed by atoms with Gasteiger partial charge in [0.1, 0.15) is 12.4 Å². The first-order valence-corrected chi connectivity index (χ1v) is 10.2. The smallest absolute Gasteiger partial charge is 0.251 e. The van der Waals surface area contributed by atoms with Crippen LogP contribution in [0.25, 0.3) is 0 Å². The molecule has 1 atom stereocenters. The molecule has 6 heteroatoms. The first-order valence-electron chi connectivity index (χ1n) is 10.2. The molecule has 1 aliphatic rings. The molecule has 1 aromatic heterocycles. The minimum Gasteiger partial charge on any atom is -0.493 e. The minimum absolute atomic E-state index is 0.0314. The standard InChI is InChI=1S/C24H26N2O4/c1-15-20(16(2)30-26-15)14-29-22-12-11-18(13-23(22)28-3)24(27)25-21-10-6-8-17-7-4-5-9-19(17)21/h4-5,7,9,11-13,21H,6,8,10,14H2,1-3H3,(H,25,27). The highest BCUT2D eigenvalue weighted by atomic mass is 16.5. The third-order valence-corrected chi connectivity index (χ3v) is 5.65. The third-order valence-electron chi connectivity index (χ3n) is 5.65. The van der Waals surface area contributed by atoms with Gasteiger partial charge in [0.15, 0.2) is 11.5 Å². The van der Waals surface area contributed by atoms with Gasteiger partial charge in [-0.15, -0.1) is 0 Å². The molecule has 0 bridgehead atoms. The minimum atomic E-state index is -0.118. The fraction of sp³-hybridized carbons (Fsp3) is 0.333. The van der Waals surface area contributed by atoms with E-state index < -0.39 is 0 Å². The molecule has 0 saturated carbocycles. The summed E-state index contributed by atoms with van der Waals surface area (Å²) in [5.74, 6) is 1.69. The zero-order valence-electron chi connectivity index (χ0n) is 17.5. The van der Waals surface area contributed by atoms with Crippen molar-refractivity contribution in [3.63, 3.8) is 0 Å². The van der Waals surface area contributed by atoms with Crippen molar-refractivity contribution >= 4 is 5.91 Å². The summed E-state index contributed by atoms with van der Waals surface area (Å²) in [4.78, 5) is 12.9. The highest BCUT2D eigenvalue weighted by Crippen LogP contribution is 2.32. The summed E-state index contributed by atoms with van der Waals surface area (Å²) < 4.78 is 16.6. The van der Waals surface area contributed by atoms with Crippen molar-refractivity contribution in [2.24, 2.45) is 0 Å². The fourth-order valence-electron chi connectivity index (χ4n) is 3.93. The lowest BCUT2D eigenvalue weighted by molar-refractivity contribution is 0.0932. The van der Waals surface area contributed by atoms with Gasteiger partial charge in [-0.2, -0.15) is 0 Å². The maximum absolute atomic E-state index is 12.9. The van der Waals surface area contributed by atoms with Gasteiger partial charge in [-0.25, -0.2) is 0 Å². The number of hydrogen-bond donors (Lipinski definition) is 1. The Hall–Kier alpha value is -3.28. The Bertz CT molecular complexity index is 1040. The van der Waals surface area contributed by atoms with Gasteiger partial charge >= 0.3 is 0 Å². The van der Waals surface area contributed by atoms with Gasteiger partial charge in [0.05, 0.1) is 24.4 Å². The van der Waals surface area contributed by atoms with Crippen molar-refractivity contribution in [1.29, 1.82) is 0 Å². The maximum Gasteiger partial charge on any atom is 0.251 e. The lowest BCUT2D eigenvalue weighted by Gasteiger charge is -2.26. The second-order valence-electron chi connectivity index (χ2n) is 7.57. The molecule has 1 unspecified atom stereocenters. The highest BCUT2D eigenvalue weighted by molar-refractivity contribution is 5.95. The molecule has 1 heterocycles. The molecule has 2 aromatic carbocycles. The largest absolute Gasteiger partial charge is 0.493 e. The van der Waals surface area contributed by atoms with Crippen LogP contribution in [-0.2, 0) is 13.0 Å². The second kappa shape index (κ2) is 8.61. The van der Waals surface area contributed by atoms with Crippen molar-refractivity contribution in [2.45, 2.75) is 45.8 Å². The normalized spacial score (nSPS) is 15.4. The number of amides is 1. The molecule has 4 rings (SSSR count). The first kappa shape index (κ1) is 20.0. The third kappa shape index (κ3) is 4.03. The molecular formula is C24H26N2O4. The maximum atomic E-state index is 12.9. The molecule has 156 valence electrons. The number of fused-ring (bicyclic) bond motifs is 1. The van der Waals surface area contributed by atoms with Crippen LogP contribution < -0.4 is 14.8 Å². The molecule has 0 aliphatic heterocycles. The van der Waals surface area contributed by atoms with E-state index in [4.69, 9.17) is 14.0 Å². The number of hydrogen-bond acceptors (Lipinski definition) is 5. The molecule has 0 spiro atoms. The van der Waals surface area contributed by atoms with E-state index in [1.807, 2.05) is 19.9 Å². The monoisotopic (exact) mass is 406 g/mol. The van der Waals surface area contributed by atoms with Gasteiger partial charge in [0.25, 0.3) is 5.91 Å². The van der Waals surface area contributed by atoms with Crippen LogP contribution in [0.1, 0.15) is 57.4 Å². The number of benzene rings is 2. The number of carbonyl (C=O) groups is 1. The number of nitrogens with zero attached hydrogens (tertiary/aromatic N) is 1. The average molecular weight is 406 g/mol. The molecule has 0 radical (unpaired) electrons. The summed E-state index contributed by atoms with van der Waals surface area (Å²) in [7, 11) is 1.57. The van der Waals surface area contributed by atoms with E-state index in [0.29, 0.717) is 23.7 Å². The van der Waals surface area contributed by atoms with E-state index in [9.17, 15) is 4.79 Å². The van der Waals surface area contributed by atoms with Crippen molar-refractivity contribution < 1.29 is 18.8 Å². The van der Waals surface area contributed by atoms with E-state index in [-0.39, 0.29) is 11.9 Å². The number of nitrogens with one attached hydrogen (secondary N) is 1. The van der Waals surface area contributed by atoms with Crippen molar-refractivity contribution in [2.75, 3.05) is 7.11 Å². The van der Waals surface area contributed by atoms with Crippen LogP contribution in [-0.4, -0.2) is 18.2 Å². The molecule has 1 N–H and O–H groups in total. The zero-order chi connectivity index (χ0) is 21.1. The summed E-state index contributed by atoms with van der Waals surface area (Å²) in [6.07, 6.45) is 3.08. The van der Waals surface area contributed by atoms with E-state index >= 15 is 0 Å². The van der Waals surface area contributed by atoms with Crippen LogP contribution in [0, 0.1) is 13.8 Å². The van der Waals surface area contributed by atoms with E-state index in [1.165, 1.54) is 11.1 Å². The molecule has 0 fully saturated rings. The van der Waals surface area contributed by atoms with Gasteiger partial charge in [0, 0.05) is 5.56 Å². The number of methoxy groups -OCH3 is 1. The zero-order valence-corrected chi connectivity index (χ0v) is 17.5. The molecule has 0 saturated heterocycles. The molecule has 3 aromatic rings. The molecule has 1 aliphatic carbocycles. The Kier molecular flexibility index (Phi) is 5.74. The Labute approximate surface area is 176 Å². The Morgan fingerprint density at radius 3 is 2.80 bits per heavy atom. The highest BCUT2D eigenvalue weighted by Gasteiger charge is 2.22. The van der Waals surface area contributed by atoms with Gasteiger partial charge in [-0.05, 0) is 62.4 Å². The SMILES string of the molecule is COc1cc(C(=O)NC2CCCc3ccccc32)ccc1OCc1c(C)noc1C. The van der Waals surface area contributed by atoms with Crippen molar-refractivity contribution in [1.82, 2.24) is 10.5 Å². The van der Waals surface area contributed by atoms with Crippen LogP contribution in [0.2, 0.25) is 0 Å². The lowest BCUT2D eigenvalue weighted by Crippen LogP contribution is -2.31. The van der Waals surface area contributed by atoms with E-state index in [0.717, 1.165) is 36.3 Å². The van der Waals surface area contributed by atoms with Crippen LogP contribution >= 0.6 is 0 Å². The van der Waals surface area contributed by atoms with Gasteiger partial charge in [-0.3, -0.25) is 4.79 Å². The topological polar surface area (TPSA) is 73.6 Å². The predicted molar refractivity (Wildman–Crippen MR) is 113 cm³/mol.